The molecular weight excluding hydrogens is 307 g/mol. The molecule has 1 aromatic carbocycles. The van der Waals surface area contributed by atoms with Crippen molar-refractivity contribution in [2.24, 2.45) is 0 Å². The van der Waals surface area contributed by atoms with Crippen molar-refractivity contribution < 1.29 is 18.7 Å². The van der Waals surface area contributed by atoms with Gasteiger partial charge in [-0.2, -0.15) is 5.26 Å². The SMILES string of the molecule is CC(OC(=O)c1ccccc1F)C(=O)Nc1sccc1C#N. The number of nitriles is 1. The van der Waals surface area contributed by atoms with Crippen molar-refractivity contribution >= 4 is 28.2 Å². The average molecular weight is 318 g/mol. The number of nitrogens with one attached hydrogen (secondary N) is 1. The van der Waals surface area contributed by atoms with Crippen LogP contribution in [0.25, 0.3) is 0 Å². The Hall–Kier alpha value is -2.72. The Morgan fingerprint density at radius 2 is 2.09 bits per heavy atom. The smallest absolute Gasteiger partial charge is 0.341 e. The van der Waals surface area contributed by atoms with Crippen LogP contribution >= 0.6 is 11.3 Å². The van der Waals surface area contributed by atoms with E-state index in [4.69, 9.17) is 10.00 Å². The molecule has 5 nitrogen and oxygen atoms in total. The summed E-state index contributed by atoms with van der Waals surface area (Å²) < 4.78 is 18.4. The van der Waals surface area contributed by atoms with Gasteiger partial charge in [0, 0.05) is 0 Å². The van der Waals surface area contributed by atoms with Crippen molar-refractivity contribution in [3.8, 4) is 6.07 Å². The molecule has 0 fully saturated rings. The number of nitrogens with zero attached hydrogens (tertiary/aromatic N) is 1. The highest BCUT2D eigenvalue weighted by Crippen LogP contribution is 2.22. The van der Waals surface area contributed by atoms with E-state index in [1.165, 1.54) is 36.5 Å². The van der Waals surface area contributed by atoms with Crippen molar-refractivity contribution in [2.75, 3.05) is 5.32 Å². The minimum atomic E-state index is -1.12. The molecule has 1 amide bonds. The summed E-state index contributed by atoms with van der Waals surface area (Å²) in [5.41, 5.74) is 0.0852. The van der Waals surface area contributed by atoms with E-state index in [-0.39, 0.29) is 5.56 Å². The highest BCUT2D eigenvalue weighted by Gasteiger charge is 2.21. The first-order valence-electron chi connectivity index (χ1n) is 6.27. The molecule has 22 heavy (non-hydrogen) atoms. The van der Waals surface area contributed by atoms with E-state index in [1.807, 2.05) is 6.07 Å². The molecule has 0 aliphatic rings. The number of carbonyl (C=O) groups is 2. The second-order valence-electron chi connectivity index (χ2n) is 4.29. The van der Waals surface area contributed by atoms with E-state index in [1.54, 1.807) is 11.4 Å². The summed E-state index contributed by atoms with van der Waals surface area (Å²) in [4.78, 5) is 23.8. The lowest BCUT2D eigenvalue weighted by Crippen LogP contribution is -2.30. The van der Waals surface area contributed by atoms with Gasteiger partial charge in [-0.1, -0.05) is 12.1 Å². The molecule has 1 aromatic heterocycles. The number of hydrogen-bond donors (Lipinski definition) is 1. The molecule has 0 radical (unpaired) electrons. The van der Waals surface area contributed by atoms with Gasteiger partial charge in [0.1, 0.15) is 16.9 Å². The molecule has 2 rings (SSSR count). The lowest BCUT2D eigenvalue weighted by atomic mass is 10.2. The van der Waals surface area contributed by atoms with Gasteiger partial charge in [-0.05, 0) is 30.5 Å². The molecule has 0 spiro atoms. The Balaban J connectivity index is 2.02. The van der Waals surface area contributed by atoms with E-state index in [0.29, 0.717) is 10.6 Å². The van der Waals surface area contributed by atoms with E-state index in [0.717, 1.165) is 6.07 Å². The molecule has 112 valence electrons. The first kappa shape index (κ1) is 15.7. The second kappa shape index (κ2) is 6.83. The van der Waals surface area contributed by atoms with E-state index in [9.17, 15) is 14.0 Å². The summed E-state index contributed by atoms with van der Waals surface area (Å²) in [5, 5.41) is 13.4. The summed E-state index contributed by atoms with van der Waals surface area (Å²) in [6.45, 7) is 1.37. The fourth-order valence-corrected chi connectivity index (χ4v) is 2.35. The zero-order valence-corrected chi connectivity index (χ0v) is 12.3. The maximum absolute atomic E-state index is 13.5. The van der Waals surface area contributed by atoms with Crippen molar-refractivity contribution in [2.45, 2.75) is 13.0 Å². The van der Waals surface area contributed by atoms with Gasteiger partial charge in [0.2, 0.25) is 0 Å². The van der Waals surface area contributed by atoms with Gasteiger partial charge < -0.3 is 10.1 Å². The van der Waals surface area contributed by atoms with Gasteiger partial charge in [0.25, 0.3) is 5.91 Å². The largest absolute Gasteiger partial charge is 0.449 e. The summed E-state index contributed by atoms with van der Waals surface area (Å²) >= 11 is 1.18. The molecule has 0 saturated carbocycles. The van der Waals surface area contributed by atoms with Gasteiger partial charge in [0.15, 0.2) is 6.10 Å². The number of ether oxygens (including phenoxy) is 1. The van der Waals surface area contributed by atoms with Crippen LogP contribution in [0.1, 0.15) is 22.8 Å². The van der Waals surface area contributed by atoms with E-state index in [2.05, 4.69) is 5.32 Å². The zero-order valence-electron chi connectivity index (χ0n) is 11.5. The van der Waals surface area contributed by atoms with Crippen LogP contribution in [0.15, 0.2) is 35.7 Å². The topological polar surface area (TPSA) is 79.2 Å². The van der Waals surface area contributed by atoms with Crippen LogP contribution in [-0.2, 0) is 9.53 Å². The lowest BCUT2D eigenvalue weighted by molar-refractivity contribution is -0.123. The van der Waals surface area contributed by atoms with E-state index >= 15 is 0 Å². The summed E-state index contributed by atoms with van der Waals surface area (Å²) in [5.74, 6) is -2.23. The Bertz CT molecular complexity index is 751. The fourth-order valence-electron chi connectivity index (χ4n) is 1.61. The number of amides is 1. The molecule has 1 N–H and O–H groups in total. The van der Waals surface area contributed by atoms with Crippen LogP contribution < -0.4 is 5.32 Å². The van der Waals surface area contributed by atoms with Gasteiger partial charge >= 0.3 is 5.97 Å². The van der Waals surface area contributed by atoms with Crippen LogP contribution in [0.5, 0.6) is 0 Å². The zero-order chi connectivity index (χ0) is 16.1. The van der Waals surface area contributed by atoms with Crippen molar-refractivity contribution in [3.63, 3.8) is 0 Å². The highest BCUT2D eigenvalue weighted by molar-refractivity contribution is 7.14. The molecular formula is C15H11FN2O3S. The van der Waals surface area contributed by atoms with Crippen molar-refractivity contribution in [1.29, 1.82) is 5.26 Å². The van der Waals surface area contributed by atoms with Gasteiger partial charge in [0.05, 0.1) is 11.1 Å². The van der Waals surface area contributed by atoms with Crippen molar-refractivity contribution in [3.05, 3.63) is 52.7 Å². The Morgan fingerprint density at radius 1 is 1.36 bits per heavy atom. The molecule has 0 saturated heterocycles. The Kier molecular flexibility index (Phi) is 4.86. The van der Waals surface area contributed by atoms with Gasteiger partial charge in [-0.15, -0.1) is 11.3 Å². The molecule has 1 atom stereocenters. The van der Waals surface area contributed by atoms with Gasteiger partial charge in [-0.25, -0.2) is 9.18 Å². The maximum atomic E-state index is 13.5. The molecule has 2 aromatic rings. The van der Waals surface area contributed by atoms with Crippen LogP contribution in [0, 0.1) is 17.1 Å². The maximum Gasteiger partial charge on any atom is 0.341 e. The predicted molar refractivity (Wildman–Crippen MR) is 78.9 cm³/mol. The Labute approximate surface area is 129 Å². The number of rotatable bonds is 4. The number of anilines is 1. The monoisotopic (exact) mass is 318 g/mol. The van der Waals surface area contributed by atoms with Crippen LogP contribution in [0.4, 0.5) is 9.39 Å². The van der Waals surface area contributed by atoms with E-state index < -0.39 is 23.8 Å². The minimum Gasteiger partial charge on any atom is -0.449 e. The number of esters is 1. The third-order valence-electron chi connectivity index (χ3n) is 2.77. The third-order valence-corrected chi connectivity index (χ3v) is 3.60. The number of thiophene rings is 1. The van der Waals surface area contributed by atoms with Crippen LogP contribution in [-0.4, -0.2) is 18.0 Å². The molecule has 7 heteroatoms. The van der Waals surface area contributed by atoms with Crippen LogP contribution in [0.3, 0.4) is 0 Å². The molecule has 1 unspecified atom stereocenters. The minimum absolute atomic E-state index is 0.240. The number of carbonyl (C=O) groups excluding carboxylic acids is 2. The fraction of sp³-hybridized carbons (Fsp3) is 0.133. The van der Waals surface area contributed by atoms with Crippen molar-refractivity contribution in [1.82, 2.24) is 0 Å². The quantitative estimate of drug-likeness (QED) is 0.879. The molecule has 0 aliphatic carbocycles. The normalized spacial score (nSPS) is 11.3. The number of benzene rings is 1. The first-order valence-corrected chi connectivity index (χ1v) is 7.15. The number of halogens is 1. The molecule has 0 aliphatic heterocycles. The third kappa shape index (κ3) is 3.48. The second-order valence-corrected chi connectivity index (χ2v) is 5.21. The Morgan fingerprint density at radius 3 is 2.77 bits per heavy atom. The standard InChI is InChI=1S/C15H11FN2O3S/c1-9(13(19)18-14-10(8-17)6-7-22-14)21-15(20)11-4-2-3-5-12(11)16/h2-7,9H,1H3,(H,18,19). The summed E-state index contributed by atoms with van der Waals surface area (Å²) in [7, 11) is 0. The first-order chi connectivity index (χ1) is 10.5. The summed E-state index contributed by atoms with van der Waals surface area (Å²) in [6, 6.07) is 8.84. The number of hydrogen-bond acceptors (Lipinski definition) is 5. The lowest BCUT2D eigenvalue weighted by Gasteiger charge is -2.13. The average Bonchev–Trinajstić information content (AvgIpc) is 2.94. The highest BCUT2D eigenvalue weighted by atomic mass is 32.1. The molecule has 1 heterocycles. The molecule has 0 bridgehead atoms. The predicted octanol–water partition coefficient (Wildman–Crippen LogP) is 2.94. The van der Waals surface area contributed by atoms with Gasteiger partial charge in [-0.3, -0.25) is 4.79 Å². The summed E-state index contributed by atoms with van der Waals surface area (Å²) in [6.07, 6.45) is -1.12. The van der Waals surface area contributed by atoms with Crippen LogP contribution in [0.2, 0.25) is 0 Å².